The molecule has 0 bridgehead atoms. The minimum absolute atomic E-state index is 0.0539. The average Bonchev–Trinajstić information content (AvgIpc) is 2.17. The fraction of sp³-hybridized carbons (Fsp3) is 0.500. The molecule has 1 aromatic carbocycles. The Balaban J connectivity index is 2.19. The van der Waals surface area contributed by atoms with Crippen LogP contribution in [0.2, 0.25) is 0 Å². The zero-order valence-electron chi connectivity index (χ0n) is 8.47. The Hall–Kier alpha value is -0.410. The Labute approximate surface area is 97.4 Å². The van der Waals surface area contributed by atoms with E-state index in [2.05, 4.69) is 15.9 Å². The van der Waals surface area contributed by atoms with Gasteiger partial charge in [0.2, 0.25) is 0 Å². The Bertz CT molecular complexity index is 355. The second kappa shape index (κ2) is 4.22. The van der Waals surface area contributed by atoms with Gasteiger partial charge in [0.15, 0.2) is 0 Å². The van der Waals surface area contributed by atoms with Gasteiger partial charge in [-0.05, 0) is 48.4 Å². The fourth-order valence-corrected chi connectivity index (χ4v) is 2.56. The van der Waals surface area contributed by atoms with Gasteiger partial charge in [-0.15, -0.1) is 0 Å². The monoisotopic (exact) mass is 272 g/mol. The van der Waals surface area contributed by atoms with E-state index < -0.39 is 0 Å². The van der Waals surface area contributed by atoms with Gasteiger partial charge in [-0.3, -0.25) is 0 Å². The number of aliphatic hydroxyl groups is 1. The van der Waals surface area contributed by atoms with Gasteiger partial charge in [0, 0.05) is 11.1 Å². The lowest BCUT2D eigenvalue weighted by Gasteiger charge is -2.40. The highest BCUT2D eigenvalue weighted by Crippen LogP contribution is 2.43. The van der Waals surface area contributed by atoms with Crippen LogP contribution < -0.4 is 0 Å². The number of aliphatic hydroxyl groups excluding tert-OH is 1. The Morgan fingerprint density at radius 3 is 2.67 bits per heavy atom. The number of benzene rings is 1. The first-order chi connectivity index (χ1) is 7.15. The molecule has 0 spiro atoms. The summed E-state index contributed by atoms with van der Waals surface area (Å²) in [5, 5.41) is 9.32. The highest BCUT2D eigenvalue weighted by molar-refractivity contribution is 9.10. The summed E-state index contributed by atoms with van der Waals surface area (Å²) in [7, 11) is 0. The van der Waals surface area contributed by atoms with E-state index in [1.165, 1.54) is 6.07 Å². The van der Waals surface area contributed by atoms with Crippen molar-refractivity contribution in [3.05, 3.63) is 34.1 Å². The van der Waals surface area contributed by atoms with Crippen LogP contribution in [-0.4, -0.2) is 11.7 Å². The zero-order valence-corrected chi connectivity index (χ0v) is 10.1. The quantitative estimate of drug-likeness (QED) is 0.896. The summed E-state index contributed by atoms with van der Waals surface area (Å²) in [6.45, 7) is 0.166. The second-order valence-electron chi connectivity index (χ2n) is 4.42. The molecule has 0 radical (unpaired) electrons. The third-order valence-electron chi connectivity index (χ3n) is 3.32. The molecule has 1 nitrogen and oxygen atoms in total. The molecule has 0 aliphatic heterocycles. The molecule has 0 aromatic heterocycles. The molecule has 0 amide bonds. The van der Waals surface area contributed by atoms with Gasteiger partial charge in [0.05, 0.1) is 0 Å². The SMILES string of the molecule is OCC1(Cc2cc(Br)ccc2F)CCC1. The highest BCUT2D eigenvalue weighted by Gasteiger charge is 2.36. The predicted octanol–water partition coefficient (Wildman–Crippen LogP) is 3.29. The lowest BCUT2D eigenvalue weighted by Crippen LogP contribution is -2.35. The van der Waals surface area contributed by atoms with E-state index in [0.29, 0.717) is 12.0 Å². The van der Waals surface area contributed by atoms with Gasteiger partial charge in [-0.25, -0.2) is 4.39 Å². The van der Waals surface area contributed by atoms with Crippen molar-refractivity contribution in [2.45, 2.75) is 25.7 Å². The third kappa shape index (κ3) is 2.23. The largest absolute Gasteiger partial charge is 0.396 e. The average molecular weight is 273 g/mol. The molecule has 0 saturated heterocycles. The maximum Gasteiger partial charge on any atom is 0.126 e. The molecule has 0 atom stereocenters. The van der Waals surface area contributed by atoms with Crippen molar-refractivity contribution in [3.8, 4) is 0 Å². The number of rotatable bonds is 3. The van der Waals surface area contributed by atoms with E-state index >= 15 is 0 Å². The van der Waals surface area contributed by atoms with Gasteiger partial charge in [-0.2, -0.15) is 0 Å². The van der Waals surface area contributed by atoms with E-state index in [1.807, 2.05) is 6.07 Å². The Morgan fingerprint density at radius 1 is 1.40 bits per heavy atom. The molecule has 3 heteroatoms. The van der Waals surface area contributed by atoms with Crippen LogP contribution >= 0.6 is 15.9 Å². The van der Waals surface area contributed by atoms with Crippen molar-refractivity contribution in [2.24, 2.45) is 5.41 Å². The van der Waals surface area contributed by atoms with Crippen LogP contribution in [0.4, 0.5) is 4.39 Å². The summed E-state index contributed by atoms with van der Waals surface area (Å²) in [5.41, 5.74) is 0.653. The molecular weight excluding hydrogens is 259 g/mol. The van der Waals surface area contributed by atoms with Crippen LogP contribution in [0.3, 0.4) is 0 Å². The molecule has 1 aliphatic rings. The van der Waals surface area contributed by atoms with Crippen LogP contribution in [0.5, 0.6) is 0 Å². The molecule has 1 saturated carbocycles. The first-order valence-electron chi connectivity index (χ1n) is 5.20. The second-order valence-corrected chi connectivity index (χ2v) is 5.34. The van der Waals surface area contributed by atoms with Gasteiger partial charge in [-0.1, -0.05) is 22.4 Å². The molecule has 1 aromatic rings. The number of hydrogen-bond donors (Lipinski definition) is 1. The van der Waals surface area contributed by atoms with Crippen LogP contribution in [0.15, 0.2) is 22.7 Å². The number of halogens is 2. The Morgan fingerprint density at radius 2 is 2.13 bits per heavy atom. The van der Waals surface area contributed by atoms with Gasteiger partial charge < -0.3 is 5.11 Å². The third-order valence-corrected chi connectivity index (χ3v) is 3.82. The van der Waals surface area contributed by atoms with Gasteiger partial charge in [0.1, 0.15) is 5.82 Å². The standard InChI is InChI=1S/C12H14BrFO/c13-10-2-3-11(14)9(6-10)7-12(8-15)4-1-5-12/h2-3,6,15H,1,4-5,7-8H2. The lowest BCUT2D eigenvalue weighted by molar-refractivity contribution is 0.0442. The zero-order chi connectivity index (χ0) is 10.9. The molecule has 15 heavy (non-hydrogen) atoms. The minimum atomic E-state index is -0.169. The van der Waals surface area contributed by atoms with Crippen molar-refractivity contribution < 1.29 is 9.50 Å². The van der Waals surface area contributed by atoms with Crippen molar-refractivity contribution in [3.63, 3.8) is 0 Å². The van der Waals surface area contributed by atoms with Gasteiger partial charge >= 0.3 is 0 Å². The molecule has 0 heterocycles. The minimum Gasteiger partial charge on any atom is -0.396 e. The first kappa shape index (κ1) is 11.1. The van der Waals surface area contributed by atoms with E-state index in [1.54, 1.807) is 6.07 Å². The smallest absolute Gasteiger partial charge is 0.126 e. The molecule has 82 valence electrons. The lowest BCUT2D eigenvalue weighted by atomic mass is 9.66. The van der Waals surface area contributed by atoms with Crippen LogP contribution in [0, 0.1) is 11.2 Å². The molecule has 1 N–H and O–H groups in total. The fourth-order valence-electron chi connectivity index (χ4n) is 2.15. The molecule has 0 unspecified atom stereocenters. The van der Waals surface area contributed by atoms with Gasteiger partial charge in [0.25, 0.3) is 0 Å². The van der Waals surface area contributed by atoms with Crippen molar-refractivity contribution in [1.82, 2.24) is 0 Å². The van der Waals surface area contributed by atoms with E-state index in [-0.39, 0.29) is 17.8 Å². The summed E-state index contributed by atoms with van der Waals surface area (Å²) in [4.78, 5) is 0. The Kier molecular flexibility index (Phi) is 3.12. The van der Waals surface area contributed by atoms with E-state index in [4.69, 9.17) is 0 Å². The van der Waals surface area contributed by atoms with Crippen molar-refractivity contribution in [2.75, 3.05) is 6.61 Å². The van der Waals surface area contributed by atoms with Crippen LogP contribution in [0.1, 0.15) is 24.8 Å². The summed E-state index contributed by atoms with van der Waals surface area (Å²) >= 11 is 3.34. The van der Waals surface area contributed by atoms with Crippen LogP contribution in [0.25, 0.3) is 0 Å². The number of hydrogen-bond acceptors (Lipinski definition) is 1. The summed E-state index contributed by atoms with van der Waals surface area (Å²) in [6.07, 6.45) is 3.82. The normalized spacial score (nSPS) is 18.6. The van der Waals surface area contributed by atoms with E-state index in [9.17, 15) is 9.50 Å². The van der Waals surface area contributed by atoms with E-state index in [0.717, 1.165) is 23.7 Å². The molecule has 2 rings (SSSR count). The highest BCUT2D eigenvalue weighted by atomic mass is 79.9. The summed E-state index contributed by atoms with van der Waals surface area (Å²) in [6, 6.07) is 4.99. The predicted molar refractivity (Wildman–Crippen MR) is 61.2 cm³/mol. The summed E-state index contributed by atoms with van der Waals surface area (Å²) < 4.78 is 14.4. The van der Waals surface area contributed by atoms with Crippen molar-refractivity contribution >= 4 is 15.9 Å². The maximum atomic E-state index is 13.5. The van der Waals surface area contributed by atoms with Crippen molar-refractivity contribution in [1.29, 1.82) is 0 Å². The molecular formula is C12H14BrFO. The molecule has 1 fully saturated rings. The summed E-state index contributed by atoms with van der Waals surface area (Å²) in [5.74, 6) is -0.169. The molecule has 1 aliphatic carbocycles. The van der Waals surface area contributed by atoms with Crippen LogP contribution in [-0.2, 0) is 6.42 Å². The maximum absolute atomic E-state index is 13.5. The topological polar surface area (TPSA) is 20.2 Å². The first-order valence-corrected chi connectivity index (χ1v) is 5.99.